The van der Waals surface area contributed by atoms with Crippen molar-refractivity contribution in [2.24, 2.45) is 0 Å². The lowest BCUT2D eigenvalue weighted by atomic mass is 10.0. The highest BCUT2D eigenvalue weighted by atomic mass is 16.3. The number of aryl methyl sites for hydroxylation is 2. The maximum absolute atomic E-state index is 10.0. The lowest BCUT2D eigenvalue weighted by molar-refractivity contribution is -0.103. The third kappa shape index (κ3) is 2.09. The second-order valence-electron chi connectivity index (χ2n) is 2.84. The molecule has 0 saturated carbocycles. The van der Waals surface area contributed by atoms with Crippen LogP contribution >= 0.6 is 0 Å². The summed E-state index contributed by atoms with van der Waals surface area (Å²) in [4.78, 5) is 10.0. The van der Waals surface area contributed by atoms with Gasteiger partial charge in [-0.15, -0.1) is 0 Å². The van der Waals surface area contributed by atoms with E-state index in [0.717, 1.165) is 16.7 Å². The highest BCUT2D eigenvalue weighted by Gasteiger charge is 2.00. The van der Waals surface area contributed by atoms with Gasteiger partial charge < -0.3 is 5.11 Å². The molecular weight excluding hydrogens is 164 g/mol. The third-order valence-corrected chi connectivity index (χ3v) is 1.77. The van der Waals surface area contributed by atoms with Crippen LogP contribution in [-0.2, 0) is 4.79 Å². The summed E-state index contributed by atoms with van der Waals surface area (Å²) in [6.45, 7) is 3.70. The Kier molecular flexibility index (Phi) is 2.71. The normalized spacial score (nSPS) is 8.77. The Hall–Kier alpha value is -1.75. The molecule has 0 radical (unpaired) electrons. The van der Waals surface area contributed by atoms with Crippen molar-refractivity contribution in [2.75, 3.05) is 0 Å². The van der Waals surface area contributed by atoms with Crippen molar-refractivity contribution in [1.29, 1.82) is 0 Å². The van der Waals surface area contributed by atoms with Crippen molar-refractivity contribution < 1.29 is 9.90 Å². The first-order chi connectivity index (χ1) is 6.15. The minimum Gasteiger partial charge on any atom is -0.508 e. The number of carbonyl (C=O) groups excluding carboxylic acids is 1. The Labute approximate surface area is 77.2 Å². The standard InChI is InChI=1S/C11H10O2/c1-8-6-10(13)7-9(2)11(8)4-3-5-12/h5-7,13H,1-2H3. The summed E-state index contributed by atoms with van der Waals surface area (Å²) in [7, 11) is 0. The summed E-state index contributed by atoms with van der Waals surface area (Å²) in [5.74, 6) is 5.31. The molecule has 0 aliphatic rings. The number of hydrogen-bond donors (Lipinski definition) is 1. The molecule has 0 spiro atoms. The van der Waals surface area contributed by atoms with E-state index in [4.69, 9.17) is 0 Å². The van der Waals surface area contributed by atoms with Gasteiger partial charge in [0.25, 0.3) is 0 Å². The molecule has 66 valence electrons. The van der Waals surface area contributed by atoms with Crippen LogP contribution < -0.4 is 0 Å². The summed E-state index contributed by atoms with van der Waals surface area (Å²) in [6, 6.07) is 3.25. The zero-order valence-corrected chi connectivity index (χ0v) is 7.59. The molecule has 0 amide bonds. The van der Waals surface area contributed by atoms with Gasteiger partial charge in [0.05, 0.1) is 0 Å². The molecular formula is C11H10O2. The number of rotatable bonds is 0. The van der Waals surface area contributed by atoms with Crippen LogP contribution in [0.5, 0.6) is 5.75 Å². The van der Waals surface area contributed by atoms with Gasteiger partial charge in [-0.1, -0.05) is 5.92 Å². The molecule has 2 nitrogen and oxygen atoms in total. The Morgan fingerprint density at radius 3 is 2.31 bits per heavy atom. The molecule has 0 aliphatic carbocycles. The Morgan fingerprint density at radius 1 is 1.31 bits per heavy atom. The molecule has 0 bridgehead atoms. The highest BCUT2D eigenvalue weighted by Crippen LogP contribution is 2.19. The number of phenolic OH excluding ortho intramolecular Hbond substituents is 1. The maximum atomic E-state index is 10.0. The van der Waals surface area contributed by atoms with Crippen LogP contribution in [-0.4, -0.2) is 11.4 Å². The topological polar surface area (TPSA) is 37.3 Å². The van der Waals surface area contributed by atoms with Crippen LogP contribution in [0.3, 0.4) is 0 Å². The minimum absolute atomic E-state index is 0.228. The predicted octanol–water partition coefficient (Wildman–Crippen LogP) is 1.56. The smallest absolute Gasteiger partial charge is 0.193 e. The van der Waals surface area contributed by atoms with Crippen LogP contribution in [0.2, 0.25) is 0 Å². The summed E-state index contributed by atoms with van der Waals surface area (Å²) < 4.78 is 0. The summed E-state index contributed by atoms with van der Waals surface area (Å²) in [6.07, 6.45) is 0.561. The number of aldehydes is 1. The van der Waals surface area contributed by atoms with Crippen molar-refractivity contribution in [3.05, 3.63) is 28.8 Å². The fourth-order valence-corrected chi connectivity index (χ4v) is 1.24. The lowest BCUT2D eigenvalue weighted by Crippen LogP contribution is -1.87. The Bertz CT molecular complexity index is 371. The maximum Gasteiger partial charge on any atom is 0.193 e. The first-order valence-corrected chi connectivity index (χ1v) is 3.90. The first-order valence-electron chi connectivity index (χ1n) is 3.90. The van der Waals surface area contributed by atoms with Gasteiger partial charge in [-0.05, 0) is 43.0 Å². The average Bonchev–Trinajstić information content (AvgIpc) is 2.02. The van der Waals surface area contributed by atoms with Crippen molar-refractivity contribution in [3.8, 4) is 17.6 Å². The van der Waals surface area contributed by atoms with Gasteiger partial charge in [0.1, 0.15) is 5.75 Å². The van der Waals surface area contributed by atoms with Gasteiger partial charge in [-0.2, -0.15) is 0 Å². The molecule has 0 unspecified atom stereocenters. The molecule has 13 heavy (non-hydrogen) atoms. The average molecular weight is 174 g/mol. The van der Waals surface area contributed by atoms with E-state index in [2.05, 4.69) is 11.8 Å². The summed E-state index contributed by atoms with van der Waals surface area (Å²) in [5.41, 5.74) is 2.57. The van der Waals surface area contributed by atoms with Crippen LogP contribution in [0.15, 0.2) is 12.1 Å². The molecule has 1 N–H and O–H groups in total. The van der Waals surface area contributed by atoms with Crippen LogP contribution in [0.4, 0.5) is 0 Å². The first kappa shape index (κ1) is 9.34. The van der Waals surface area contributed by atoms with E-state index in [1.165, 1.54) is 0 Å². The molecule has 1 rings (SSSR count). The highest BCUT2D eigenvalue weighted by molar-refractivity contribution is 5.74. The van der Waals surface area contributed by atoms with Crippen molar-refractivity contribution >= 4 is 6.29 Å². The molecule has 0 saturated heterocycles. The van der Waals surface area contributed by atoms with Crippen molar-refractivity contribution in [2.45, 2.75) is 13.8 Å². The van der Waals surface area contributed by atoms with E-state index >= 15 is 0 Å². The molecule has 2 heteroatoms. The minimum atomic E-state index is 0.228. The van der Waals surface area contributed by atoms with Crippen LogP contribution in [0.25, 0.3) is 0 Å². The zero-order valence-electron chi connectivity index (χ0n) is 7.59. The molecule has 1 aromatic rings. The predicted molar refractivity (Wildman–Crippen MR) is 50.5 cm³/mol. The third-order valence-electron chi connectivity index (χ3n) is 1.77. The number of hydrogen-bond acceptors (Lipinski definition) is 2. The fourth-order valence-electron chi connectivity index (χ4n) is 1.24. The fraction of sp³-hybridized carbons (Fsp3) is 0.182. The van der Waals surface area contributed by atoms with Gasteiger partial charge in [-0.25, -0.2) is 0 Å². The van der Waals surface area contributed by atoms with Crippen LogP contribution in [0, 0.1) is 25.7 Å². The number of benzene rings is 1. The van der Waals surface area contributed by atoms with E-state index in [0.29, 0.717) is 6.29 Å². The van der Waals surface area contributed by atoms with Crippen LogP contribution in [0.1, 0.15) is 16.7 Å². The van der Waals surface area contributed by atoms with Gasteiger partial charge in [0, 0.05) is 5.56 Å². The summed E-state index contributed by atoms with van der Waals surface area (Å²) in [5, 5.41) is 9.23. The molecule has 0 atom stereocenters. The van der Waals surface area contributed by atoms with E-state index in [9.17, 15) is 9.90 Å². The lowest BCUT2D eigenvalue weighted by Gasteiger charge is -2.03. The van der Waals surface area contributed by atoms with Crippen molar-refractivity contribution in [3.63, 3.8) is 0 Å². The van der Waals surface area contributed by atoms with Gasteiger partial charge >= 0.3 is 0 Å². The van der Waals surface area contributed by atoms with Gasteiger partial charge in [-0.3, -0.25) is 4.79 Å². The van der Waals surface area contributed by atoms with Gasteiger partial charge in [0.15, 0.2) is 6.29 Å². The SMILES string of the molecule is Cc1cc(O)cc(C)c1C#CC=O. The molecule has 0 aromatic heterocycles. The van der Waals surface area contributed by atoms with E-state index in [1.54, 1.807) is 12.1 Å². The Balaban J connectivity index is 3.28. The van der Waals surface area contributed by atoms with Crippen molar-refractivity contribution in [1.82, 2.24) is 0 Å². The zero-order chi connectivity index (χ0) is 9.84. The Morgan fingerprint density at radius 2 is 1.85 bits per heavy atom. The van der Waals surface area contributed by atoms with Gasteiger partial charge in [0.2, 0.25) is 0 Å². The van der Waals surface area contributed by atoms with E-state index in [-0.39, 0.29) is 5.75 Å². The molecule has 0 fully saturated rings. The van der Waals surface area contributed by atoms with E-state index < -0.39 is 0 Å². The number of carbonyl (C=O) groups is 1. The monoisotopic (exact) mass is 174 g/mol. The second-order valence-corrected chi connectivity index (χ2v) is 2.84. The second kappa shape index (κ2) is 3.77. The molecule has 0 heterocycles. The number of phenols is 1. The number of aromatic hydroxyl groups is 1. The quantitative estimate of drug-likeness (QED) is 0.478. The largest absolute Gasteiger partial charge is 0.508 e. The molecule has 0 aliphatic heterocycles. The summed E-state index contributed by atoms with van der Waals surface area (Å²) >= 11 is 0. The molecule has 1 aromatic carbocycles. The van der Waals surface area contributed by atoms with E-state index in [1.807, 2.05) is 13.8 Å².